The van der Waals surface area contributed by atoms with Gasteiger partial charge >= 0.3 is 0 Å². The molecule has 7 nitrogen and oxygen atoms in total. The van der Waals surface area contributed by atoms with E-state index in [0.29, 0.717) is 25.2 Å². The summed E-state index contributed by atoms with van der Waals surface area (Å²) < 4.78 is 12.5. The van der Waals surface area contributed by atoms with Gasteiger partial charge in [0.25, 0.3) is 5.91 Å². The molecule has 0 bridgehead atoms. The van der Waals surface area contributed by atoms with E-state index in [0.717, 1.165) is 17.0 Å². The number of carbonyl (C=O) groups is 1. The fourth-order valence-electron chi connectivity index (χ4n) is 3.09. The minimum absolute atomic E-state index is 0.0541. The first-order chi connectivity index (χ1) is 11.7. The number of amides is 1. The predicted octanol–water partition coefficient (Wildman–Crippen LogP) is 1.62. The van der Waals surface area contributed by atoms with E-state index < -0.39 is 0 Å². The molecule has 7 heteroatoms. The number of pyridine rings is 1. The lowest BCUT2D eigenvalue weighted by atomic mass is 9.98. The van der Waals surface area contributed by atoms with E-state index >= 15 is 0 Å². The molecule has 1 N–H and O–H groups in total. The lowest BCUT2D eigenvalue weighted by Gasteiger charge is -2.17. The predicted molar refractivity (Wildman–Crippen MR) is 85.7 cm³/mol. The van der Waals surface area contributed by atoms with Gasteiger partial charge in [0.05, 0.1) is 42.2 Å². The van der Waals surface area contributed by atoms with Crippen LogP contribution in [-0.4, -0.2) is 39.9 Å². The van der Waals surface area contributed by atoms with Crippen molar-refractivity contribution in [2.24, 2.45) is 5.92 Å². The summed E-state index contributed by atoms with van der Waals surface area (Å²) in [5.41, 5.74) is 2.21. The zero-order valence-electron chi connectivity index (χ0n) is 13.3. The number of hydrogen-bond acceptors (Lipinski definition) is 5. The van der Waals surface area contributed by atoms with Crippen LogP contribution in [0.4, 0.5) is 0 Å². The van der Waals surface area contributed by atoms with Crippen LogP contribution >= 0.6 is 0 Å². The molecule has 0 radical (unpaired) electrons. The van der Waals surface area contributed by atoms with Crippen LogP contribution in [0, 0.1) is 12.8 Å². The van der Waals surface area contributed by atoms with Gasteiger partial charge in [-0.3, -0.25) is 4.79 Å². The van der Waals surface area contributed by atoms with Crippen molar-refractivity contribution in [1.82, 2.24) is 20.1 Å². The molecule has 0 spiro atoms. The molecule has 4 heterocycles. The van der Waals surface area contributed by atoms with Gasteiger partial charge in [-0.1, -0.05) is 11.2 Å². The molecular weight excluding hydrogens is 308 g/mol. The van der Waals surface area contributed by atoms with Crippen molar-refractivity contribution < 1.29 is 14.1 Å². The molecule has 1 aliphatic rings. The number of hydrogen-bond donors (Lipinski definition) is 1. The average Bonchev–Trinajstić information content (AvgIpc) is 3.28. The van der Waals surface area contributed by atoms with Gasteiger partial charge < -0.3 is 14.6 Å². The summed E-state index contributed by atoms with van der Waals surface area (Å²) in [5.74, 6) is 0.854. The van der Waals surface area contributed by atoms with Crippen LogP contribution in [-0.2, 0) is 11.2 Å². The molecule has 1 amide bonds. The minimum atomic E-state index is -0.134. The highest BCUT2D eigenvalue weighted by atomic mass is 16.5. The van der Waals surface area contributed by atoms with Crippen molar-refractivity contribution >= 4 is 11.4 Å². The molecular formula is C17H18N4O3. The molecule has 0 aromatic carbocycles. The van der Waals surface area contributed by atoms with Crippen molar-refractivity contribution in [3.05, 3.63) is 53.7 Å². The van der Waals surface area contributed by atoms with Crippen molar-refractivity contribution in [2.75, 3.05) is 13.2 Å². The maximum atomic E-state index is 12.6. The van der Waals surface area contributed by atoms with Gasteiger partial charge in [0, 0.05) is 24.6 Å². The van der Waals surface area contributed by atoms with Crippen LogP contribution in [0.1, 0.15) is 21.8 Å². The summed E-state index contributed by atoms with van der Waals surface area (Å²) in [6.07, 6.45) is 4.11. The van der Waals surface area contributed by atoms with Crippen LogP contribution in [0.2, 0.25) is 0 Å². The summed E-state index contributed by atoms with van der Waals surface area (Å²) in [5, 5.41) is 11.2. The number of fused-ring (bicyclic) bond motifs is 1. The van der Waals surface area contributed by atoms with E-state index in [1.165, 1.54) is 0 Å². The third-order valence-electron chi connectivity index (χ3n) is 4.33. The Hall–Kier alpha value is -2.67. The average molecular weight is 326 g/mol. The highest BCUT2D eigenvalue weighted by molar-refractivity contribution is 6.00. The Morgan fingerprint density at radius 3 is 3.17 bits per heavy atom. The molecule has 3 aromatic heterocycles. The van der Waals surface area contributed by atoms with Crippen LogP contribution in [0.3, 0.4) is 0 Å². The van der Waals surface area contributed by atoms with Gasteiger partial charge in [-0.15, -0.1) is 0 Å². The van der Waals surface area contributed by atoms with Crippen LogP contribution < -0.4 is 5.32 Å². The van der Waals surface area contributed by atoms with Crippen molar-refractivity contribution in [3.8, 4) is 0 Å². The normalized spacial score (nSPS) is 20.5. The third-order valence-corrected chi connectivity index (χ3v) is 4.33. The highest BCUT2D eigenvalue weighted by Crippen LogP contribution is 2.20. The lowest BCUT2D eigenvalue weighted by molar-refractivity contribution is 0.0926. The summed E-state index contributed by atoms with van der Waals surface area (Å²) in [6, 6.07) is 7.51. The topological polar surface area (TPSA) is 81.7 Å². The van der Waals surface area contributed by atoms with E-state index in [-0.39, 0.29) is 17.9 Å². The van der Waals surface area contributed by atoms with E-state index in [2.05, 4.69) is 15.6 Å². The van der Waals surface area contributed by atoms with Gasteiger partial charge in [0.15, 0.2) is 0 Å². The van der Waals surface area contributed by atoms with E-state index in [4.69, 9.17) is 9.26 Å². The van der Waals surface area contributed by atoms with Crippen LogP contribution in [0.5, 0.6) is 0 Å². The van der Waals surface area contributed by atoms with Gasteiger partial charge in [-0.05, 0) is 19.1 Å². The zero-order valence-corrected chi connectivity index (χ0v) is 13.3. The number of nitrogens with zero attached hydrogens (tertiary/aromatic N) is 3. The maximum Gasteiger partial charge on any atom is 0.255 e. The van der Waals surface area contributed by atoms with Crippen molar-refractivity contribution in [2.45, 2.75) is 19.4 Å². The molecule has 3 aromatic rings. The Kier molecular flexibility index (Phi) is 3.78. The fraction of sp³-hybridized carbons (Fsp3) is 0.353. The van der Waals surface area contributed by atoms with Crippen LogP contribution in [0.15, 0.2) is 41.2 Å². The van der Waals surface area contributed by atoms with Gasteiger partial charge in [-0.25, -0.2) is 4.52 Å². The first-order valence-electron chi connectivity index (χ1n) is 7.94. The van der Waals surface area contributed by atoms with Gasteiger partial charge in [0.2, 0.25) is 0 Å². The van der Waals surface area contributed by atoms with E-state index in [1.54, 1.807) is 10.7 Å². The number of rotatable bonds is 4. The lowest BCUT2D eigenvalue weighted by Crippen LogP contribution is -2.40. The first-order valence-corrected chi connectivity index (χ1v) is 7.94. The Balaban J connectivity index is 1.48. The second-order valence-corrected chi connectivity index (χ2v) is 6.10. The fourth-order valence-corrected chi connectivity index (χ4v) is 3.09. The van der Waals surface area contributed by atoms with Crippen LogP contribution in [0.25, 0.3) is 5.52 Å². The monoisotopic (exact) mass is 326 g/mol. The second kappa shape index (κ2) is 6.09. The highest BCUT2D eigenvalue weighted by Gasteiger charge is 2.31. The molecule has 2 unspecified atom stereocenters. The SMILES string of the molecule is Cc1cc(CC2COCC2NC(=O)c2cnn3ccccc23)on1. The molecule has 124 valence electrons. The maximum absolute atomic E-state index is 12.6. The minimum Gasteiger partial charge on any atom is -0.379 e. The van der Waals surface area contributed by atoms with E-state index in [1.807, 2.05) is 37.4 Å². The number of aryl methyl sites for hydroxylation is 1. The molecule has 0 aliphatic carbocycles. The summed E-state index contributed by atoms with van der Waals surface area (Å²) in [7, 11) is 0. The second-order valence-electron chi connectivity index (χ2n) is 6.10. The van der Waals surface area contributed by atoms with Crippen molar-refractivity contribution in [3.63, 3.8) is 0 Å². The Labute approximate surface area is 138 Å². The zero-order chi connectivity index (χ0) is 16.5. The number of aromatic nitrogens is 3. The summed E-state index contributed by atoms with van der Waals surface area (Å²) >= 11 is 0. The molecule has 1 aliphatic heterocycles. The van der Waals surface area contributed by atoms with E-state index in [9.17, 15) is 4.79 Å². The smallest absolute Gasteiger partial charge is 0.255 e. The third kappa shape index (κ3) is 2.78. The summed E-state index contributed by atoms with van der Waals surface area (Å²) in [4.78, 5) is 12.6. The molecule has 1 saturated heterocycles. The number of ether oxygens (including phenoxy) is 1. The molecule has 0 saturated carbocycles. The number of carbonyl (C=O) groups excluding carboxylic acids is 1. The van der Waals surface area contributed by atoms with Crippen molar-refractivity contribution in [1.29, 1.82) is 0 Å². The molecule has 24 heavy (non-hydrogen) atoms. The Morgan fingerprint density at radius 1 is 1.42 bits per heavy atom. The first kappa shape index (κ1) is 14.9. The number of nitrogens with one attached hydrogen (secondary N) is 1. The molecule has 1 fully saturated rings. The molecule has 4 rings (SSSR count). The standard InChI is InChI=1S/C17H18N4O3/c1-11-6-13(24-20-11)7-12-9-23-10-15(12)19-17(22)14-8-18-21-5-3-2-4-16(14)21/h2-6,8,12,15H,7,9-10H2,1H3,(H,19,22). The largest absolute Gasteiger partial charge is 0.379 e. The Bertz CT molecular complexity index is 869. The Morgan fingerprint density at radius 2 is 2.33 bits per heavy atom. The summed E-state index contributed by atoms with van der Waals surface area (Å²) in [6.45, 7) is 2.99. The molecule has 2 atom stereocenters. The van der Waals surface area contributed by atoms with Gasteiger partial charge in [0.1, 0.15) is 5.76 Å². The quantitative estimate of drug-likeness (QED) is 0.788. The van der Waals surface area contributed by atoms with Gasteiger partial charge in [-0.2, -0.15) is 5.10 Å².